The molecule has 4 heteroatoms. The number of carbonyl (C=O) groups is 1. The number of aliphatic hydroxyl groups is 1. The largest absolute Gasteiger partial charge is 0.396 e. The number of aromatic nitrogens is 1. The first kappa shape index (κ1) is 14.1. The van der Waals surface area contributed by atoms with Crippen LogP contribution in [0, 0.1) is 11.8 Å². The fourth-order valence-electron chi connectivity index (χ4n) is 2.88. The molecule has 1 aliphatic rings. The van der Waals surface area contributed by atoms with Gasteiger partial charge in [-0.05, 0) is 50.2 Å². The van der Waals surface area contributed by atoms with Crippen LogP contribution in [-0.2, 0) is 11.2 Å². The van der Waals surface area contributed by atoms with Crippen molar-refractivity contribution in [2.24, 2.45) is 11.8 Å². The van der Waals surface area contributed by atoms with E-state index in [4.69, 9.17) is 5.11 Å². The Morgan fingerprint density at radius 2 is 2.16 bits per heavy atom. The Morgan fingerprint density at radius 3 is 2.79 bits per heavy atom. The second kappa shape index (κ2) is 7.34. The molecular formula is C15H24N2O2. The number of hydrogen-bond donors (Lipinski definition) is 3. The molecular weight excluding hydrogens is 240 g/mol. The minimum absolute atomic E-state index is 0.179. The fraction of sp³-hybridized carbons (Fsp3) is 0.667. The van der Waals surface area contributed by atoms with Gasteiger partial charge in [-0.3, -0.25) is 4.79 Å². The molecule has 4 nitrogen and oxygen atoms in total. The zero-order valence-corrected chi connectivity index (χ0v) is 11.4. The molecule has 0 aromatic carbocycles. The maximum atomic E-state index is 12.0. The highest BCUT2D eigenvalue weighted by Gasteiger charge is 2.25. The van der Waals surface area contributed by atoms with Gasteiger partial charge in [0, 0.05) is 37.4 Å². The molecule has 1 aromatic heterocycles. The van der Waals surface area contributed by atoms with Gasteiger partial charge in [0.1, 0.15) is 0 Å². The molecule has 1 fully saturated rings. The fourth-order valence-corrected chi connectivity index (χ4v) is 2.88. The number of rotatable bonds is 6. The molecule has 0 aliphatic heterocycles. The van der Waals surface area contributed by atoms with Crippen LogP contribution < -0.4 is 5.32 Å². The highest BCUT2D eigenvalue weighted by atomic mass is 16.3. The van der Waals surface area contributed by atoms with Crippen molar-refractivity contribution in [1.82, 2.24) is 10.3 Å². The summed E-state index contributed by atoms with van der Waals surface area (Å²) in [5, 5.41) is 11.9. The first-order chi connectivity index (χ1) is 9.29. The maximum absolute atomic E-state index is 12.0. The van der Waals surface area contributed by atoms with Crippen LogP contribution in [0.25, 0.3) is 0 Å². The molecule has 106 valence electrons. The Bertz CT molecular complexity index is 368. The van der Waals surface area contributed by atoms with Crippen LogP contribution in [0.15, 0.2) is 18.3 Å². The molecule has 0 atom stereocenters. The van der Waals surface area contributed by atoms with Crippen molar-refractivity contribution in [3.8, 4) is 0 Å². The summed E-state index contributed by atoms with van der Waals surface area (Å²) in [6.07, 6.45) is 7.75. The first-order valence-electron chi connectivity index (χ1n) is 7.30. The highest BCUT2D eigenvalue weighted by molar-refractivity contribution is 5.78. The minimum Gasteiger partial charge on any atom is -0.396 e. The maximum Gasteiger partial charge on any atom is 0.223 e. The van der Waals surface area contributed by atoms with Gasteiger partial charge in [0.25, 0.3) is 0 Å². The van der Waals surface area contributed by atoms with Crippen molar-refractivity contribution < 1.29 is 9.90 Å². The van der Waals surface area contributed by atoms with E-state index in [-0.39, 0.29) is 18.4 Å². The predicted molar refractivity (Wildman–Crippen MR) is 74.7 cm³/mol. The number of nitrogens with one attached hydrogen (secondary N) is 2. The van der Waals surface area contributed by atoms with Crippen molar-refractivity contribution in [2.75, 3.05) is 13.2 Å². The monoisotopic (exact) mass is 264 g/mol. The summed E-state index contributed by atoms with van der Waals surface area (Å²) in [7, 11) is 0. The second-order valence-electron chi connectivity index (χ2n) is 5.47. The molecule has 1 aliphatic carbocycles. The van der Waals surface area contributed by atoms with E-state index < -0.39 is 0 Å². The van der Waals surface area contributed by atoms with Crippen LogP contribution >= 0.6 is 0 Å². The molecule has 0 unspecified atom stereocenters. The van der Waals surface area contributed by atoms with Crippen molar-refractivity contribution >= 4 is 5.91 Å². The topological polar surface area (TPSA) is 65.1 Å². The molecule has 3 N–H and O–H groups in total. The summed E-state index contributed by atoms with van der Waals surface area (Å²) >= 11 is 0. The Morgan fingerprint density at radius 1 is 1.37 bits per heavy atom. The number of carbonyl (C=O) groups excluding carboxylic acids is 1. The molecule has 1 amide bonds. The van der Waals surface area contributed by atoms with E-state index in [0.29, 0.717) is 12.5 Å². The van der Waals surface area contributed by atoms with Gasteiger partial charge in [-0.25, -0.2) is 0 Å². The Labute approximate surface area is 114 Å². The van der Waals surface area contributed by atoms with Crippen LogP contribution in [0.2, 0.25) is 0 Å². The van der Waals surface area contributed by atoms with Crippen molar-refractivity contribution in [1.29, 1.82) is 0 Å². The average molecular weight is 264 g/mol. The van der Waals surface area contributed by atoms with E-state index in [1.54, 1.807) is 0 Å². The van der Waals surface area contributed by atoms with Gasteiger partial charge < -0.3 is 15.4 Å². The molecule has 0 saturated heterocycles. The van der Waals surface area contributed by atoms with E-state index in [0.717, 1.165) is 44.2 Å². The number of aromatic amines is 1. The number of H-pyrrole nitrogens is 1. The van der Waals surface area contributed by atoms with E-state index in [1.807, 2.05) is 18.3 Å². The molecule has 19 heavy (non-hydrogen) atoms. The quantitative estimate of drug-likeness (QED) is 0.734. The lowest BCUT2D eigenvalue weighted by molar-refractivity contribution is -0.126. The minimum atomic E-state index is 0.179. The van der Waals surface area contributed by atoms with E-state index in [9.17, 15) is 4.79 Å². The van der Waals surface area contributed by atoms with Gasteiger partial charge in [-0.1, -0.05) is 0 Å². The summed E-state index contributed by atoms with van der Waals surface area (Å²) in [6, 6.07) is 4.01. The van der Waals surface area contributed by atoms with Crippen LogP contribution in [0.1, 0.15) is 37.8 Å². The lowest BCUT2D eigenvalue weighted by Gasteiger charge is -2.27. The van der Waals surface area contributed by atoms with E-state index in [2.05, 4.69) is 10.3 Å². The van der Waals surface area contributed by atoms with Crippen molar-refractivity contribution in [3.05, 3.63) is 24.0 Å². The molecule has 1 heterocycles. The third kappa shape index (κ3) is 4.39. The van der Waals surface area contributed by atoms with Gasteiger partial charge in [0.2, 0.25) is 5.91 Å². The summed E-state index contributed by atoms with van der Waals surface area (Å²) in [5.74, 6) is 1.00. The SMILES string of the molecule is O=C(NCCc1ccc[nH]1)C1CCC(CCO)CC1. The standard InChI is InChI=1S/C15H24N2O2/c18-11-8-12-3-5-13(6-4-12)15(19)17-10-7-14-2-1-9-16-14/h1-2,9,12-13,16,18H,3-8,10-11H2,(H,17,19). The summed E-state index contributed by atoms with van der Waals surface area (Å²) in [5.41, 5.74) is 1.16. The highest BCUT2D eigenvalue weighted by Crippen LogP contribution is 2.30. The van der Waals surface area contributed by atoms with E-state index >= 15 is 0 Å². The van der Waals surface area contributed by atoms with Crippen LogP contribution in [0.4, 0.5) is 0 Å². The molecule has 0 radical (unpaired) electrons. The molecule has 1 aromatic rings. The molecule has 1 saturated carbocycles. The van der Waals surface area contributed by atoms with Gasteiger partial charge in [-0.2, -0.15) is 0 Å². The summed E-state index contributed by atoms with van der Waals surface area (Å²) in [4.78, 5) is 15.2. The first-order valence-corrected chi connectivity index (χ1v) is 7.30. The number of hydrogen-bond acceptors (Lipinski definition) is 2. The Balaban J connectivity index is 1.64. The summed E-state index contributed by atoms with van der Waals surface area (Å²) < 4.78 is 0. The lowest BCUT2D eigenvalue weighted by atomic mass is 9.80. The van der Waals surface area contributed by atoms with Gasteiger partial charge in [-0.15, -0.1) is 0 Å². The zero-order valence-electron chi connectivity index (χ0n) is 11.4. The molecule has 0 bridgehead atoms. The number of aliphatic hydroxyl groups excluding tert-OH is 1. The zero-order chi connectivity index (χ0) is 13.5. The third-order valence-corrected chi connectivity index (χ3v) is 4.11. The number of amides is 1. The molecule has 0 spiro atoms. The van der Waals surface area contributed by atoms with Gasteiger partial charge >= 0.3 is 0 Å². The summed E-state index contributed by atoms with van der Waals surface area (Å²) in [6.45, 7) is 0.980. The average Bonchev–Trinajstić information content (AvgIpc) is 2.93. The normalized spacial score (nSPS) is 23.2. The molecule has 2 rings (SSSR count). The van der Waals surface area contributed by atoms with Crippen LogP contribution in [0.5, 0.6) is 0 Å². The van der Waals surface area contributed by atoms with Crippen molar-refractivity contribution in [2.45, 2.75) is 38.5 Å². The third-order valence-electron chi connectivity index (χ3n) is 4.11. The van der Waals surface area contributed by atoms with Crippen molar-refractivity contribution in [3.63, 3.8) is 0 Å². The second-order valence-corrected chi connectivity index (χ2v) is 5.47. The Kier molecular flexibility index (Phi) is 5.45. The van der Waals surface area contributed by atoms with Gasteiger partial charge in [0.15, 0.2) is 0 Å². The Hall–Kier alpha value is -1.29. The van der Waals surface area contributed by atoms with Crippen LogP contribution in [0.3, 0.4) is 0 Å². The van der Waals surface area contributed by atoms with E-state index in [1.165, 1.54) is 0 Å². The lowest BCUT2D eigenvalue weighted by Crippen LogP contribution is -2.34. The van der Waals surface area contributed by atoms with Crippen LogP contribution in [-0.4, -0.2) is 29.1 Å². The predicted octanol–water partition coefficient (Wildman–Crippen LogP) is 1.86. The smallest absolute Gasteiger partial charge is 0.223 e. The van der Waals surface area contributed by atoms with Gasteiger partial charge in [0.05, 0.1) is 0 Å².